The van der Waals surface area contributed by atoms with Gasteiger partial charge in [-0.1, -0.05) is 0 Å². The summed E-state index contributed by atoms with van der Waals surface area (Å²) in [6, 6.07) is 1.65. The van der Waals surface area contributed by atoms with Crippen LogP contribution in [0.1, 0.15) is 15.4 Å². The van der Waals surface area contributed by atoms with Gasteiger partial charge in [0.15, 0.2) is 0 Å². The van der Waals surface area contributed by atoms with E-state index in [1.165, 1.54) is 23.7 Å². The minimum Gasteiger partial charge on any atom is -0.305 e. The molecule has 2 heterocycles. The maximum absolute atomic E-state index is 13.0. The van der Waals surface area contributed by atoms with Gasteiger partial charge in [-0.25, -0.2) is 4.98 Å². The van der Waals surface area contributed by atoms with Crippen molar-refractivity contribution >= 4 is 11.3 Å². The minimum atomic E-state index is -4.28. The smallest absolute Gasteiger partial charge is 0.305 e. The van der Waals surface area contributed by atoms with Gasteiger partial charge >= 0.3 is 6.18 Å². The van der Waals surface area contributed by atoms with Crippen molar-refractivity contribution in [2.24, 2.45) is 0 Å². The first kappa shape index (κ1) is 15.9. The predicted octanol–water partition coefficient (Wildman–Crippen LogP) is 3.15. The van der Waals surface area contributed by atoms with Gasteiger partial charge in [0.1, 0.15) is 6.04 Å². The SMILES string of the molecule is Cc1cnc(CCN[C@H](Cc2ccncc2)C(F)(F)F)s1. The fraction of sp³-hybridized carbons (Fsp3) is 0.429. The van der Waals surface area contributed by atoms with Crippen LogP contribution in [0.5, 0.6) is 0 Å². The van der Waals surface area contributed by atoms with Crippen LogP contribution in [0.25, 0.3) is 0 Å². The standard InChI is InChI=1S/C14H16F3N3S/c1-10-9-20-13(21-10)4-7-19-12(14(15,16)17)8-11-2-5-18-6-3-11/h2-3,5-6,9,12,19H,4,7-8H2,1H3/t12-/m1/s1. The lowest BCUT2D eigenvalue weighted by Crippen LogP contribution is -2.44. The molecule has 0 radical (unpaired) electrons. The van der Waals surface area contributed by atoms with E-state index in [1.54, 1.807) is 18.3 Å². The zero-order valence-corrected chi connectivity index (χ0v) is 12.3. The first-order valence-corrected chi connectivity index (χ1v) is 7.37. The molecule has 7 heteroatoms. The van der Waals surface area contributed by atoms with E-state index in [1.807, 2.05) is 6.92 Å². The normalized spacial score (nSPS) is 13.3. The predicted molar refractivity (Wildman–Crippen MR) is 76.3 cm³/mol. The number of rotatable bonds is 6. The molecule has 2 rings (SSSR count). The molecule has 0 aromatic carbocycles. The number of aromatic nitrogens is 2. The Hall–Kier alpha value is -1.47. The molecule has 0 unspecified atom stereocenters. The molecule has 0 aliphatic carbocycles. The van der Waals surface area contributed by atoms with Crippen LogP contribution in [0.2, 0.25) is 0 Å². The number of thiazole rings is 1. The second kappa shape index (κ2) is 7.00. The van der Waals surface area contributed by atoms with Gasteiger partial charge in [0.25, 0.3) is 0 Å². The van der Waals surface area contributed by atoms with Crippen LogP contribution in [-0.2, 0) is 12.8 Å². The number of aryl methyl sites for hydroxylation is 1. The first-order chi connectivity index (χ1) is 9.95. The topological polar surface area (TPSA) is 37.8 Å². The van der Waals surface area contributed by atoms with Gasteiger partial charge in [-0.15, -0.1) is 11.3 Å². The third kappa shape index (κ3) is 5.09. The van der Waals surface area contributed by atoms with Gasteiger partial charge in [-0.3, -0.25) is 4.98 Å². The molecule has 0 fully saturated rings. The van der Waals surface area contributed by atoms with Gasteiger partial charge in [-0.05, 0) is 31.0 Å². The van der Waals surface area contributed by atoms with E-state index < -0.39 is 12.2 Å². The molecule has 0 amide bonds. The molecule has 1 N–H and O–H groups in total. The van der Waals surface area contributed by atoms with Crippen LogP contribution in [0.4, 0.5) is 13.2 Å². The quantitative estimate of drug-likeness (QED) is 0.890. The molecule has 1 atom stereocenters. The molecule has 114 valence electrons. The Bertz CT molecular complexity index is 554. The molecule has 3 nitrogen and oxygen atoms in total. The third-order valence-electron chi connectivity index (χ3n) is 2.98. The molecule has 0 saturated carbocycles. The summed E-state index contributed by atoms with van der Waals surface area (Å²) >= 11 is 1.51. The highest BCUT2D eigenvalue weighted by molar-refractivity contribution is 7.11. The number of pyridine rings is 1. The molecule has 0 spiro atoms. The second-order valence-electron chi connectivity index (χ2n) is 4.72. The Balaban J connectivity index is 1.91. The van der Waals surface area contributed by atoms with Crippen LogP contribution < -0.4 is 5.32 Å². The summed E-state index contributed by atoms with van der Waals surface area (Å²) in [4.78, 5) is 9.02. The molecule has 0 bridgehead atoms. The van der Waals surface area contributed by atoms with E-state index in [9.17, 15) is 13.2 Å². The largest absolute Gasteiger partial charge is 0.404 e. The van der Waals surface area contributed by atoms with Crippen LogP contribution in [0.15, 0.2) is 30.7 Å². The summed E-state index contributed by atoms with van der Waals surface area (Å²) in [5, 5.41) is 3.44. The summed E-state index contributed by atoms with van der Waals surface area (Å²) < 4.78 is 39.1. The lowest BCUT2D eigenvalue weighted by molar-refractivity contribution is -0.155. The van der Waals surface area contributed by atoms with Crippen molar-refractivity contribution < 1.29 is 13.2 Å². The van der Waals surface area contributed by atoms with E-state index in [2.05, 4.69) is 15.3 Å². The Labute approximate surface area is 125 Å². The van der Waals surface area contributed by atoms with E-state index in [0.717, 1.165) is 9.88 Å². The van der Waals surface area contributed by atoms with Crippen molar-refractivity contribution in [2.75, 3.05) is 6.54 Å². The summed E-state index contributed by atoms with van der Waals surface area (Å²) in [5.74, 6) is 0. The number of nitrogens with zero attached hydrogens (tertiary/aromatic N) is 2. The molecule has 0 aliphatic heterocycles. The third-order valence-corrected chi connectivity index (χ3v) is 3.96. The zero-order valence-electron chi connectivity index (χ0n) is 11.5. The number of alkyl halides is 3. The van der Waals surface area contributed by atoms with E-state index >= 15 is 0 Å². The van der Waals surface area contributed by atoms with Gasteiger partial charge in [0, 0.05) is 36.4 Å². The fourth-order valence-corrected chi connectivity index (χ4v) is 2.72. The van der Waals surface area contributed by atoms with Gasteiger partial charge in [0.05, 0.1) is 5.01 Å². The van der Waals surface area contributed by atoms with E-state index in [-0.39, 0.29) is 13.0 Å². The summed E-state index contributed by atoms with van der Waals surface area (Å²) in [7, 11) is 0. The lowest BCUT2D eigenvalue weighted by Gasteiger charge is -2.21. The highest BCUT2D eigenvalue weighted by Crippen LogP contribution is 2.23. The number of hydrogen-bond donors (Lipinski definition) is 1. The highest BCUT2D eigenvalue weighted by Gasteiger charge is 2.39. The van der Waals surface area contributed by atoms with E-state index in [4.69, 9.17) is 0 Å². The van der Waals surface area contributed by atoms with E-state index in [0.29, 0.717) is 12.0 Å². The van der Waals surface area contributed by atoms with Crippen molar-refractivity contribution in [1.82, 2.24) is 15.3 Å². The van der Waals surface area contributed by atoms with Crippen LogP contribution >= 0.6 is 11.3 Å². The molecular formula is C14H16F3N3S. The lowest BCUT2D eigenvalue weighted by atomic mass is 10.1. The summed E-state index contributed by atoms with van der Waals surface area (Å²) in [6.07, 6.45) is 0.868. The van der Waals surface area contributed by atoms with Gasteiger partial charge in [-0.2, -0.15) is 13.2 Å². The molecule has 0 aliphatic rings. The average molecular weight is 315 g/mol. The van der Waals surface area contributed by atoms with Crippen LogP contribution in [-0.4, -0.2) is 28.7 Å². The van der Waals surface area contributed by atoms with Crippen LogP contribution in [0, 0.1) is 6.92 Å². The number of hydrogen-bond acceptors (Lipinski definition) is 4. The molecule has 2 aromatic rings. The maximum Gasteiger partial charge on any atom is 0.404 e. The van der Waals surface area contributed by atoms with Crippen molar-refractivity contribution in [3.8, 4) is 0 Å². The molecular weight excluding hydrogens is 299 g/mol. The zero-order chi connectivity index (χ0) is 15.3. The fourth-order valence-electron chi connectivity index (χ4n) is 1.93. The Kier molecular flexibility index (Phi) is 5.30. The molecule has 2 aromatic heterocycles. The van der Waals surface area contributed by atoms with Crippen molar-refractivity contribution in [3.05, 3.63) is 46.2 Å². The highest BCUT2D eigenvalue weighted by atomic mass is 32.1. The van der Waals surface area contributed by atoms with Crippen molar-refractivity contribution in [3.63, 3.8) is 0 Å². The maximum atomic E-state index is 13.0. The Morgan fingerprint density at radius 2 is 2.00 bits per heavy atom. The monoisotopic (exact) mass is 315 g/mol. The summed E-state index contributed by atoms with van der Waals surface area (Å²) in [6.45, 7) is 2.18. The minimum absolute atomic E-state index is 0.0943. The van der Waals surface area contributed by atoms with Crippen molar-refractivity contribution in [2.45, 2.75) is 32.0 Å². The van der Waals surface area contributed by atoms with Gasteiger partial charge < -0.3 is 5.32 Å². The average Bonchev–Trinajstić information content (AvgIpc) is 2.83. The Morgan fingerprint density at radius 1 is 1.29 bits per heavy atom. The number of halogens is 3. The van der Waals surface area contributed by atoms with Crippen molar-refractivity contribution in [1.29, 1.82) is 0 Å². The van der Waals surface area contributed by atoms with Gasteiger partial charge in [0.2, 0.25) is 0 Å². The van der Waals surface area contributed by atoms with Crippen LogP contribution in [0.3, 0.4) is 0 Å². The second-order valence-corrected chi connectivity index (χ2v) is 6.04. The Morgan fingerprint density at radius 3 is 2.57 bits per heavy atom. The molecule has 0 saturated heterocycles. The summed E-state index contributed by atoms with van der Waals surface area (Å²) in [5.41, 5.74) is 0.616. The number of nitrogens with one attached hydrogen (secondary N) is 1. The first-order valence-electron chi connectivity index (χ1n) is 6.55. The molecule has 21 heavy (non-hydrogen) atoms.